The van der Waals surface area contributed by atoms with Crippen LogP contribution in [0.4, 0.5) is 5.82 Å². The standard InChI is InChI=1S/C8H9ClN2O/c1-6(12)11-8-3-2-7(4-9)5-10-8/h2-3,5H,4H2,1H3,(H,10,11,12). The fourth-order valence-corrected chi connectivity index (χ4v) is 0.916. The Labute approximate surface area is 75.8 Å². The number of hydrogen-bond donors (Lipinski definition) is 1. The van der Waals surface area contributed by atoms with Gasteiger partial charge in [-0.2, -0.15) is 0 Å². The molecule has 0 saturated heterocycles. The minimum absolute atomic E-state index is 0.124. The maximum absolute atomic E-state index is 10.6. The van der Waals surface area contributed by atoms with Gasteiger partial charge in [-0.25, -0.2) is 4.98 Å². The quantitative estimate of drug-likeness (QED) is 0.712. The van der Waals surface area contributed by atoms with E-state index in [0.29, 0.717) is 11.7 Å². The van der Waals surface area contributed by atoms with Crippen LogP contribution in [0.25, 0.3) is 0 Å². The molecule has 0 bridgehead atoms. The number of rotatable bonds is 2. The number of halogens is 1. The molecular weight excluding hydrogens is 176 g/mol. The highest BCUT2D eigenvalue weighted by molar-refractivity contribution is 6.17. The van der Waals surface area contributed by atoms with Crippen LogP contribution < -0.4 is 5.32 Å². The van der Waals surface area contributed by atoms with Gasteiger partial charge in [0.1, 0.15) is 5.82 Å². The van der Waals surface area contributed by atoms with Crippen molar-refractivity contribution in [1.29, 1.82) is 0 Å². The van der Waals surface area contributed by atoms with Gasteiger partial charge in [0.2, 0.25) is 5.91 Å². The molecule has 0 saturated carbocycles. The molecule has 0 aliphatic carbocycles. The van der Waals surface area contributed by atoms with Crippen molar-refractivity contribution >= 4 is 23.3 Å². The van der Waals surface area contributed by atoms with Crippen molar-refractivity contribution in [2.75, 3.05) is 5.32 Å². The molecule has 0 unspecified atom stereocenters. The van der Waals surface area contributed by atoms with E-state index in [1.54, 1.807) is 12.3 Å². The Kier molecular flexibility index (Phi) is 3.05. The molecule has 1 rings (SSSR count). The molecule has 0 spiro atoms. The maximum Gasteiger partial charge on any atom is 0.222 e. The van der Waals surface area contributed by atoms with Gasteiger partial charge in [-0.3, -0.25) is 4.79 Å². The van der Waals surface area contributed by atoms with E-state index in [1.807, 2.05) is 6.07 Å². The highest BCUT2D eigenvalue weighted by Gasteiger charge is 1.95. The second kappa shape index (κ2) is 4.07. The Balaban J connectivity index is 2.71. The summed E-state index contributed by atoms with van der Waals surface area (Å²) >= 11 is 5.56. The molecule has 1 aromatic rings. The average molecular weight is 185 g/mol. The summed E-state index contributed by atoms with van der Waals surface area (Å²) in [7, 11) is 0. The number of nitrogens with zero attached hydrogens (tertiary/aromatic N) is 1. The summed E-state index contributed by atoms with van der Waals surface area (Å²) in [5, 5.41) is 2.56. The zero-order chi connectivity index (χ0) is 8.97. The first-order valence-electron chi connectivity index (χ1n) is 3.51. The SMILES string of the molecule is CC(=O)Nc1ccc(CCl)cn1. The number of nitrogens with one attached hydrogen (secondary N) is 1. The fraction of sp³-hybridized carbons (Fsp3) is 0.250. The number of hydrogen-bond acceptors (Lipinski definition) is 2. The molecular formula is C8H9ClN2O. The third-order valence-corrected chi connectivity index (χ3v) is 1.59. The molecule has 0 radical (unpaired) electrons. The Morgan fingerprint density at radius 1 is 1.67 bits per heavy atom. The minimum atomic E-state index is -0.124. The molecule has 0 atom stereocenters. The summed E-state index contributed by atoms with van der Waals surface area (Å²) in [4.78, 5) is 14.6. The topological polar surface area (TPSA) is 42.0 Å². The molecule has 4 heteroatoms. The second-order valence-corrected chi connectivity index (χ2v) is 2.63. The van der Waals surface area contributed by atoms with E-state index in [9.17, 15) is 4.79 Å². The van der Waals surface area contributed by atoms with Crippen molar-refractivity contribution in [3.63, 3.8) is 0 Å². The lowest BCUT2D eigenvalue weighted by Gasteiger charge is -2.00. The zero-order valence-corrected chi connectivity index (χ0v) is 7.43. The lowest BCUT2D eigenvalue weighted by atomic mass is 10.3. The van der Waals surface area contributed by atoms with Gasteiger partial charge in [0, 0.05) is 19.0 Å². The Hall–Kier alpha value is -1.09. The van der Waals surface area contributed by atoms with Crippen LogP contribution in [0.3, 0.4) is 0 Å². The summed E-state index contributed by atoms with van der Waals surface area (Å²) in [6.45, 7) is 1.44. The van der Waals surface area contributed by atoms with Crippen LogP contribution in [0.15, 0.2) is 18.3 Å². The van der Waals surface area contributed by atoms with Gasteiger partial charge in [-0.1, -0.05) is 6.07 Å². The Bertz CT molecular complexity index is 271. The van der Waals surface area contributed by atoms with E-state index in [1.165, 1.54) is 6.92 Å². The zero-order valence-electron chi connectivity index (χ0n) is 6.67. The van der Waals surface area contributed by atoms with E-state index in [0.717, 1.165) is 5.56 Å². The number of aromatic nitrogens is 1. The number of amides is 1. The van der Waals surface area contributed by atoms with E-state index in [-0.39, 0.29) is 5.91 Å². The third kappa shape index (κ3) is 2.51. The number of carbonyl (C=O) groups is 1. The van der Waals surface area contributed by atoms with E-state index in [4.69, 9.17) is 11.6 Å². The number of alkyl halides is 1. The van der Waals surface area contributed by atoms with Crippen LogP contribution in [-0.4, -0.2) is 10.9 Å². The van der Waals surface area contributed by atoms with Gasteiger partial charge in [-0.15, -0.1) is 11.6 Å². The maximum atomic E-state index is 10.6. The fourth-order valence-electron chi connectivity index (χ4n) is 0.758. The summed E-state index contributed by atoms with van der Waals surface area (Å²) in [6.07, 6.45) is 1.64. The number of anilines is 1. The van der Waals surface area contributed by atoms with E-state index in [2.05, 4.69) is 10.3 Å². The average Bonchev–Trinajstić information content (AvgIpc) is 2.05. The van der Waals surface area contributed by atoms with Crippen LogP contribution in [0, 0.1) is 0 Å². The molecule has 0 aliphatic heterocycles. The molecule has 64 valence electrons. The molecule has 1 N–H and O–H groups in total. The lowest BCUT2D eigenvalue weighted by Crippen LogP contribution is -2.07. The Morgan fingerprint density at radius 3 is 2.83 bits per heavy atom. The highest BCUT2D eigenvalue weighted by Crippen LogP contribution is 2.06. The predicted molar refractivity (Wildman–Crippen MR) is 48.1 cm³/mol. The largest absolute Gasteiger partial charge is 0.311 e. The smallest absolute Gasteiger partial charge is 0.222 e. The van der Waals surface area contributed by atoms with E-state index >= 15 is 0 Å². The van der Waals surface area contributed by atoms with Crippen molar-refractivity contribution in [2.45, 2.75) is 12.8 Å². The summed E-state index contributed by atoms with van der Waals surface area (Å²) < 4.78 is 0. The Morgan fingerprint density at radius 2 is 2.42 bits per heavy atom. The first-order valence-corrected chi connectivity index (χ1v) is 4.04. The molecule has 1 aromatic heterocycles. The van der Waals surface area contributed by atoms with Crippen LogP contribution in [-0.2, 0) is 10.7 Å². The lowest BCUT2D eigenvalue weighted by molar-refractivity contribution is -0.114. The third-order valence-electron chi connectivity index (χ3n) is 1.28. The highest BCUT2D eigenvalue weighted by atomic mass is 35.5. The summed E-state index contributed by atoms with van der Waals surface area (Å²) in [6, 6.07) is 3.55. The minimum Gasteiger partial charge on any atom is -0.311 e. The predicted octanol–water partition coefficient (Wildman–Crippen LogP) is 1.78. The van der Waals surface area contributed by atoms with Gasteiger partial charge < -0.3 is 5.32 Å². The first-order chi connectivity index (χ1) is 5.72. The molecule has 0 fully saturated rings. The van der Waals surface area contributed by atoms with Crippen molar-refractivity contribution in [2.24, 2.45) is 0 Å². The normalized spacial score (nSPS) is 9.50. The number of pyridine rings is 1. The monoisotopic (exact) mass is 184 g/mol. The molecule has 0 aromatic carbocycles. The molecule has 1 amide bonds. The first kappa shape index (κ1) is 9.00. The second-order valence-electron chi connectivity index (χ2n) is 2.37. The molecule has 12 heavy (non-hydrogen) atoms. The van der Waals surface area contributed by atoms with Crippen molar-refractivity contribution in [3.8, 4) is 0 Å². The van der Waals surface area contributed by atoms with Crippen molar-refractivity contribution in [1.82, 2.24) is 4.98 Å². The van der Waals surface area contributed by atoms with Gasteiger partial charge in [0.25, 0.3) is 0 Å². The van der Waals surface area contributed by atoms with Crippen LogP contribution in [0.1, 0.15) is 12.5 Å². The summed E-state index contributed by atoms with van der Waals surface area (Å²) in [5.74, 6) is 0.866. The van der Waals surface area contributed by atoms with Crippen molar-refractivity contribution in [3.05, 3.63) is 23.9 Å². The van der Waals surface area contributed by atoms with Crippen LogP contribution >= 0.6 is 11.6 Å². The van der Waals surface area contributed by atoms with Gasteiger partial charge in [0.15, 0.2) is 0 Å². The van der Waals surface area contributed by atoms with Gasteiger partial charge >= 0.3 is 0 Å². The molecule has 1 heterocycles. The van der Waals surface area contributed by atoms with Gasteiger partial charge in [-0.05, 0) is 11.6 Å². The number of carbonyl (C=O) groups excluding carboxylic acids is 1. The molecule has 0 aliphatic rings. The van der Waals surface area contributed by atoms with Crippen LogP contribution in [0.5, 0.6) is 0 Å². The van der Waals surface area contributed by atoms with E-state index < -0.39 is 0 Å². The van der Waals surface area contributed by atoms with Crippen LogP contribution in [0.2, 0.25) is 0 Å². The molecule has 3 nitrogen and oxygen atoms in total. The summed E-state index contributed by atoms with van der Waals surface area (Å²) in [5.41, 5.74) is 0.936. The van der Waals surface area contributed by atoms with Gasteiger partial charge in [0.05, 0.1) is 0 Å². The van der Waals surface area contributed by atoms with Crippen molar-refractivity contribution < 1.29 is 4.79 Å².